The van der Waals surface area contributed by atoms with Gasteiger partial charge in [-0.05, 0) is 24.6 Å². The van der Waals surface area contributed by atoms with Gasteiger partial charge in [0.25, 0.3) is 0 Å². The first kappa shape index (κ1) is 15.9. The molecule has 0 saturated heterocycles. The van der Waals surface area contributed by atoms with Crippen LogP contribution in [0.4, 0.5) is 4.39 Å². The van der Waals surface area contributed by atoms with Crippen molar-refractivity contribution in [1.82, 2.24) is 9.55 Å². The van der Waals surface area contributed by atoms with Crippen molar-refractivity contribution in [1.29, 1.82) is 0 Å². The normalized spacial score (nSPS) is 10.9. The van der Waals surface area contributed by atoms with E-state index in [0.29, 0.717) is 11.4 Å². The van der Waals surface area contributed by atoms with Crippen molar-refractivity contribution >= 4 is 28.7 Å². The molecule has 0 N–H and O–H groups in total. The number of ketones is 1. The monoisotopic (exact) mass is 348 g/mol. The van der Waals surface area contributed by atoms with E-state index in [1.165, 1.54) is 23.5 Å². The molecule has 118 valence electrons. The van der Waals surface area contributed by atoms with Crippen LogP contribution in [0.25, 0.3) is 5.00 Å². The minimum Gasteiger partial charge on any atom is -0.293 e. The van der Waals surface area contributed by atoms with E-state index in [4.69, 9.17) is 11.6 Å². The van der Waals surface area contributed by atoms with E-state index < -0.39 is 5.82 Å². The van der Waals surface area contributed by atoms with Gasteiger partial charge < -0.3 is 0 Å². The lowest BCUT2D eigenvalue weighted by molar-refractivity contribution is 0.103. The Kier molecular flexibility index (Phi) is 4.59. The predicted molar refractivity (Wildman–Crippen MR) is 90.2 cm³/mol. The first-order valence-corrected chi connectivity index (χ1v) is 8.51. The van der Waals surface area contributed by atoms with E-state index in [1.54, 1.807) is 29.1 Å². The number of hydrogen-bond donors (Lipinski definition) is 0. The van der Waals surface area contributed by atoms with E-state index in [1.807, 2.05) is 13.0 Å². The maximum Gasteiger partial charge on any atom is 0.198 e. The fourth-order valence-corrected chi connectivity index (χ4v) is 3.65. The molecule has 0 spiro atoms. The summed E-state index contributed by atoms with van der Waals surface area (Å²) < 4.78 is 15.8. The van der Waals surface area contributed by atoms with Crippen LogP contribution in [0.3, 0.4) is 0 Å². The fraction of sp³-hybridized carbons (Fsp3) is 0.176. The van der Waals surface area contributed by atoms with Gasteiger partial charge in [-0.15, -0.1) is 22.9 Å². The van der Waals surface area contributed by atoms with Crippen LogP contribution >= 0.6 is 22.9 Å². The van der Waals surface area contributed by atoms with Crippen LogP contribution in [0.5, 0.6) is 0 Å². The van der Waals surface area contributed by atoms with E-state index >= 15 is 0 Å². The maximum atomic E-state index is 14.0. The number of hydrogen-bond acceptors (Lipinski definition) is 3. The summed E-state index contributed by atoms with van der Waals surface area (Å²) in [5, 5.41) is 0.725. The summed E-state index contributed by atoms with van der Waals surface area (Å²) in [6, 6.07) is 7.85. The molecule has 3 aromatic rings. The molecule has 0 aliphatic carbocycles. The molecular weight excluding hydrogens is 335 g/mol. The lowest BCUT2D eigenvalue weighted by Crippen LogP contribution is -2.07. The Morgan fingerprint density at radius 3 is 2.83 bits per heavy atom. The molecule has 0 radical (unpaired) electrons. The third kappa shape index (κ3) is 2.94. The van der Waals surface area contributed by atoms with Crippen molar-refractivity contribution in [3.05, 3.63) is 70.4 Å². The smallest absolute Gasteiger partial charge is 0.198 e. The second-order valence-electron chi connectivity index (χ2n) is 4.94. The number of aryl methyl sites for hydroxylation is 1. The number of carbonyl (C=O) groups is 1. The molecule has 3 rings (SSSR count). The average Bonchev–Trinajstić information content (AvgIpc) is 3.20. The van der Waals surface area contributed by atoms with Crippen molar-refractivity contribution in [2.45, 2.75) is 19.2 Å². The van der Waals surface area contributed by atoms with Gasteiger partial charge in [0.2, 0.25) is 0 Å². The number of benzene rings is 1. The largest absolute Gasteiger partial charge is 0.293 e. The molecule has 0 fully saturated rings. The van der Waals surface area contributed by atoms with Gasteiger partial charge in [-0.3, -0.25) is 9.36 Å². The SMILES string of the molecule is CCc1cc(C(=O)c2ccccc2F)c(-n2ccnc2CCl)s1. The average molecular weight is 349 g/mol. The molecule has 23 heavy (non-hydrogen) atoms. The standard InChI is InChI=1S/C17H14ClFN2OS/c1-2-11-9-13(16(22)12-5-3-4-6-14(12)19)17(23-11)21-8-7-20-15(21)10-18/h3-9H,2,10H2,1H3. The quantitative estimate of drug-likeness (QED) is 0.498. The van der Waals surface area contributed by atoms with Gasteiger partial charge in [0.15, 0.2) is 5.78 Å². The molecule has 0 aliphatic heterocycles. The lowest BCUT2D eigenvalue weighted by atomic mass is 10.0. The van der Waals surface area contributed by atoms with Crippen LogP contribution in [0.15, 0.2) is 42.7 Å². The predicted octanol–water partition coefficient (Wildman–Crippen LogP) is 4.61. The second kappa shape index (κ2) is 6.64. The Morgan fingerprint density at radius 2 is 2.13 bits per heavy atom. The van der Waals surface area contributed by atoms with E-state index in [-0.39, 0.29) is 17.2 Å². The zero-order valence-corrected chi connectivity index (χ0v) is 14.0. The molecule has 2 aromatic heterocycles. The highest BCUT2D eigenvalue weighted by Gasteiger charge is 2.22. The highest BCUT2D eigenvalue weighted by molar-refractivity contribution is 7.15. The van der Waals surface area contributed by atoms with Crippen LogP contribution in [0.2, 0.25) is 0 Å². The molecule has 0 aliphatic rings. The van der Waals surface area contributed by atoms with Gasteiger partial charge in [0, 0.05) is 17.3 Å². The summed E-state index contributed by atoms with van der Waals surface area (Å²) in [6.07, 6.45) is 4.20. The first-order chi connectivity index (χ1) is 11.2. The van der Waals surface area contributed by atoms with Crippen LogP contribution in [-0.2, 0) is 12.3 Å². The summed E-state index contributed by atoms with van der Waals surface area (Å²) in [4.78, 5) is 18.1. The van der Waals surface area contributed by atoms with E-state index in [9.17, 15) is 9.18 Å². The maximum absolute atomic E-state index is 14.0. The molecule has 0 unspecified atom stereocenters. The summed E-state index contributed by atoms with van der Waals surface area (Å²) in [5.41, 5.74) is 0.544. The number of thiophene rings is 1. The molecule has 2 heterocycles. The summed E-state index contributed by atoms with van der Waals surface area (Å²) in [7, 11) is 0. The van der Waals surface area contributed by atoms with Crippen LogP contribution in [-0.4, -0.2) is 15.3 Å². The topological polar surface area (TPSA) is 34.9 Å². The van der Waals surface area contributed by atoms with E-state index in [0.717, 1.165) is 16.3 Å². The molecular formula is C17H14ClFN2OS. The number of rotatable bonds is 5. The first-order valence-electron chi connectivity index (χ1n) is 7.16. The summed E-state index contributed by atoms with van der Waals surface area (Å²) in [6.45, 7) is 2.02. The minimum atomic E-state index is -0.518. The van der Waals surface area contributed by atoms with Crippen molar-refractivity contribution in [3.63, 3.8) is 0 Å². The third-order valence-electron chi connectivity index (χ3n) is 3.53. The minimum absolute atomic E-state index is 0.0711. The highest BCUT2D eigenvalue weighted by atomic mass is 35.5. The van der Waals surface area contributed by atoms with Crippen molar-refractivity contribution in [2.24, 2.45) is 0 Å². The molecule has 6 heteroatoms. The van der Waals surface area contributed by atoms with Crippen LogP contribution in [0.1, 0.15) is 33.5 Å². The Hall–Kier alpha value is -1.98. The molecule has 0 saturated carbocycles. The molecule has 3 nitrogen and oxygen atoms in total. The summed E-state index contributed by atoms with van der Waals surface area (Å²) in [5.74, 6) is 0.0394. The Morgan fingerprint density at radius 1 is 1.35 bits per heavy atom. The zero-order valence-electron chi connectivity index (χ0n) is 12.4. The number of carbonyl (C=O) groups excluding carboxylic acids is 1. The number of alkyl halides is 1. The number of nitrogens with zero attached hydrogens (tertiary/aromatic N) is 2. The van der Waals surface area contributed by atoms with Gasteiger partial charge in [-0.2, -0.15) is 0 Å². The Bertz CT molecular complexity index is 856. The van der Waals surface area contributed by atoms with Crippen molar-refractivity contribution in [2.75, 3.05) is 0 Å². The number of halogens is 2. The molecule has 0 bridgehead atoms. The van der Waals surface area contributed by atoms with Crippen molar-refractivity contribution < 1.29 is 9.18 Å². The number of aromatic nitrogens is 2. The zero-order chi connectivity index (χ0) is 16.4. The Labute approximate surface area is 142 Å². The van der Waals surface area contributed by atoms with E-state index in [2.05, 4.69) is 4.98 Å². The van der Waals surface area contributed by atoms with Crippen LogP contribution in [0, 0.1) is 5.82 Å². The van der Waals surface area contributed by atoms with Gasteiger partial charge in [-0.1, -0.05) is 19.1 Å². The van der Waals surface area contributed by atoms with Gasteiger partial charge >= 0.3 is 0 Å². The molecule has 0 amide bonds. The van der Waals surface area contributed by atoms with Gasteiger partial charge in [-0.25, -0.2) is 9.37 Å². The lowest BCUT2D eigenvalue weighted by Gasteiger charge is -2.07. The Balaban J connectivity index is 2.14. The van der Waals surface area contributed by atoms with Gasteiger partial charge in [0.1, 0.15) is 16.6 Å². The van der Waals surface area contributed by atoms with Crippen molar-refractivity contribution in [3.8, 4) is 5.00 Å². The highest BCUT2D eigenvalue weighted by Crippen LogP contribution is 2.30. The molecule has 1 aromatic carbocycles. The fourth-order valence-electron chi connectivity index (χ4n) is 2.36. The second-order valence-corrected chi connectivity index (χ2v) is 6.32. The molecule has 0 atom stereocenters. The third-order valence-corrected chi connectivity index (χ3v) is 5.05. The number of imidazole rings is 1. The van der Waals surface area contributed by atoms with Gasteiger partial charge in [0.05, 0.1) is 17.0 Å². The summed E-state index contributed by atoms with van der Waals surface area (Å²) >= 11 is 7.41. The van der Waals surface area contributed by atoms with Crippen LogP contribution < -0.4 is 0 Å².